The van der Waals surface area contributed by atoms with Crippen LogP contribution < -0.4 is 14.9 Å². The number of benzene rings is 4. The second-order valence-corrected chi connectivity index (χ2v) is 10.6. The van der Waals surface area contributed by atoms with Gasteiger partial charge in [0.2, 0.25) is 0 Å². The highest BCUT2D eigenvalue weighted by atomic mass is 79.9. The normalized spacial score (nSPS) is 11.0. The molecular formula is C34H29BrN4O5. The topological polar surface area (TPSA) is 108 Å². The quantitative estimate of drug-likeness (QED) is 0.0887. The lowest BCUT2D eigenvalue weighted by molar-refractivity contribution is -0.384. The summed E-state index contributed by atoms with van der Waals surface area (Å²) in [6.45, 7) is 4.51. The minimum Gasteiger partial charge on any atom is -0.490 e. The number of ether oxygens (including phenoxy) is 2. The van der Waals surface area contributed by atoms with Crippen molar-refractivity contribution in [3.63, 3.8) is 0 Å². The van der Waals surface area contributed by atoms with Crippen molar-refractivity contribution in [2.75, 3.05) is 6.61 Å². The monoisotopic (exact) mass is 652 g/mol. The molecule has 0 aliphatic heterocycles. The molecule has 4 aromatic carbocycles. The van der Waals surface area contributed by atoms with Crippen LogP contribution in [0.5, 0.6) is 11.5 Å². The van der Waals surface area contributed by atoms with Crippen molar-refractivity contribution in [1.29, 1.82) is 0 Å². The zero-order valence-corrected chi connectivity index (χ0v) is 25.7. The Hall–Kier alpha value is -5.22. The molecule has 10 heteroatoms. The molecule has 44 heavy (non-hydrogen) atoms. The fourth-order valence-corrected chi connectivity index (χ4v) is 5.22. The van der Waals surface area contributed by atoms with Gasteiger partial charge in [0.1, 0.15) is 6.61 Å². The molecular weight excluding hydrogens is 624 g/mol. The van der Waals surface area contributed by atoms with Crippen LogP contribution in [0.15, 0.2) is 113 Å². The second kappa shape index (κ2) is 13.8. The van der Waals surface area contributed by atoms with Gasteiger partial charge in [-0.05, 0) is 107 Å². The Morgan fingerprint density at radius 3 is 2.39 bits per heavy atom. The highest BCUT2D eigenvalue weighted by Crippen LogP contribution is 2.37. The molecule has 9 nitrogen and oxygen atoms in total. The van der Waals surface area contributed by atoms with Crippen LogP contribution in [-0.4, -0.2) is 28.2 Å². The van der Waals surface area contributed by atoms with Crippen molar-refractivity contribution in [1.82, 2.24) is 9.99 Å². The molecule has 0 saturated heterocycles. The number of nitrogens with one attached hydrogen (secondary N) is 1. The molecule has 1 amide bonds. The molecule has 0 aliphatic rings. The molecule has 0 fully saturated rings. The third kappa shape index (κ3) is 7.04. The third-order valence-electron chi connectivity index (χ3n) is 6.78. The first-order valence-corrected chi connectivity index (χ1v) is 14.6. The number of nitrogens with zero attached hydrogens (tertiary/aromatic N) is 3. The molecule has 0 bridgehead atoms. The largest absolute Gasteiger partial charge is 0.490 e. The summed E-state index contributed by atoms with van der Waals surface area (Å²) < 4.78 is 14.6. The number of rotatable bonds is 11. The van der Waals surface area contributed by atoms with Crippen LogP contribution in [0.3, 0.4) is 0 Å². The highest BCUT2D eigenvalue weighted by molar-refractivity contribution is 9.10. The average molecular weight is 654 g/mol. The first kappa shape index (κ1) is 30.2. The third-order valence-corrected chi connectivity index (χ3v) is 7.36. The molecule has 0 spiro atoms. The molecule has 0 radical (unpaired) electrons. The number of nitro benzene ring substituents is 1. The number of aromatic nitrogens is 1. The van der Waals surface area contributed by atoms with Crippen LogP contribution in [0.4, 0.5) is 5.69 Å². The van der Waals surface area contributed by atoms with Gasteiger partial charge in [-0.1, -0.05) is 30.3 Å². The van der Waals surface area contributed by atoms with Crippen molar-refractivity contribution in [2.45, 2.75) is 20.5 Å². The Kier molecular flexibility index (Phi) is 9.51. The summed E-state index contributed by atoms with van der Waals surface area (Å²) in [6, 6.07) is 31.4. The van der Waals surface area contributed by atoms with E-state index in [1.54, 1.807) is 36.4 Å². The molecule has 5 aromatic rings. The number of carbonyl (C=O) groups excluding carboxylic acids is 1. The van der Waals surface area contributed by atoms with E-state index in [1.807, 2.05) is 37.3 Å². The minimum absolute atomic E-state index is 0.0159. The van der Waals surface area contributed by atoms with Crippen molar-refractivity contribution in [3.05, 3.63) is 140 Å². The van der Waals surface area contributed by atoms with E-state index in [0.29, 0.717) is 33.7 Å². The van der Waals surface area contributed by atoms with Gasteiger partial charge in [-0.25, -0.2) is 5.43 Å². The number of amides is 1. The Bertz CT molecular complexity index is 1800. The molecule has 1 N–H and O–H groups in total. The maximum absolute atomic E-state index is 12.8. The van der Waals surface area contributed by atoms with Gasteiger partial charge in [0, 0.05) is 29.1 Å². The zero-order chi connectivity index (χ0) is 31.1. The molecule has 1 heterocycles. The standard InChI is InChI=1S/C34H29BrN4O5/c1-3-43-32-20-25(19-30(35)33(32)44-22-24-10-14-29(15-11-24)39(41)42)21-36-37-34(40)27-12-16-28(17-13-27)38-23(2)9-18-31(38)26-7-5-4-6-8-26/h4-21H,3,22H2,1-2H3,(H,37,40)/b36-21+. The number of aryl methyl sites for hydroxylation is 1. The van der Waals surface area contributed by atoms with Gasteiger partial charge in [-0.3, -0.25) is 14.9 Å². The summed E-state index contributed by atoms with van der Waals surface area (Å²) in [6.07, 6.45) is 1.52. The number of hydrazone groups is 1. The summed E-state index contributed by atoms with van der Waals surface area (Å²) in [5.74, 6) is 0.634. The maximum Gasteiger partial charge on any atom is 0.271 e. The van der Waals surface area contributed by atoms with Crippen LogP contribution in [0, 0.1) is 17.0 Å². The van der Waals surface area contributed by atoms with Crippen molar-refractivity contribution >= 4 is 33.7 Å². The van der Waals surface area contributed by atoms with Gasteiger partial charge in [0.05, 0.1) is 27.9 Å². The maximum atomic E-state index is 12.8. The lowest BCUT2D eigenvalue weighted by Crippen LogP contribution is -2.17. The number of carbonyl (C=O) groups is 1. The zero-order valence-electron chi connectivity index (χ0n) is 24.1. The Morgan fingerprint density at radius 2 is 1.70 bits per heavy atom. The Balaban J connectivity index is 1.25. The van der Waals surface area contributed by atoms with Crippen LogP contribution in [-0.2, 0) is 6.61 Å². The highest BCUT2D eigenvalue weighted by Gasteiger charge is 2.14. The van der Waals surface area contributed by atoms with Crippen molar-refractivity contribution in [2.24, 2.45) is 5.10 Å². The molecule has 0 saturated carbocycles. The van der Waals surface area contributed by atoms with Gasteiger partial charge in [-0.15, -0.1) is 0 Å². The molecule has 5 rings (SSSR count). The molecule has 1 aromatic heterocycles. The summed E-state index contributed by atoms with van der Waals surface area (Å²) in [7, 11) is 0. The summed E-state index contributed by atoms with van der Waals surface area (Å²) in [5.41, 5.74) is 8.75. The summed E-state index contributed by atoms with van der Waals surface area (Å²) in [4.78, 5) is 23.3. The van der Waals surface area contributed by atoms with Crippen molar-refractivity contribution in [3.8, 4) is 28.4 Å². The van der Waals surface area contributed by atoms with Crippen LogP contribution in [0.25, 0.3) is 16.9 Å². The van der Waals surface area contributed by atoms with Gasteiger partial charge >= 0.3 is 0 Å². The first-order valence-electron chi connectivity index (χ1n) is 13.8. The lowest BCUT2D eigenvalue weighted by Gasteiger charge is -2.14. The molecule has 222 valence electrons. The minimum atomic E-state index is -0.444. The van der Waals surface area contributed by atoms with E-state index in [-0.39, 0.29) is 18.2 Å². The summed E-state index contributed by atoms with van der Waals surface area (Å²) >= 11 is 3.53. The number of hydrogen-bond acceptors (Lipinski definition) is 6. The molecule has 0 aliphatic carbocycles. The molecule has 0 unspecified atom stereocenters. The van der Waals surface area contributed by atoms with Gasteiger partial charge in [0.15, 0.2) is 11.5 Å². The smallest absolute Gasteiger partial charge is 0.271 e. The van der Waals surface area contributed by atoms with Crippen molar-refractivity contribution < 1.29 is 19.2 Å². The molecule has 0 atom stereocenters. The van der Waals surface area contributed by atoms with E-state index in [0.717, 1.165) is 28.2 Å². The van der Waals surface area contributed by atoms with E-state index in [1.165, 1.54) is 18.3 Å². The van der Waals surface area contributed by atoms with E-state index in [2.05, 4.69) is 62.2 Å². The fourth-order valence-electron chi connectivity index (χ4n) is 4.64. The fraction of sp³-hybridized carbons (Fsp3) is 0.118. The predicted molar refractivity (Wildman–Crippen MR) is 174 cm³/mol. The lowest BCUT2D eigenvalue weighted by atomic mass is 10.1. The second-order valence-electron chi connectivity index (χ2n) is 9.78. The van der Waals surface area contributed by atoms with Gasteiger partial charge in [-0.2, -0.15) is 5.10 Å². The Labute approximate surface area is 263 Å². The van der Waals surface area contributed by atoms with E-state index in [4.69, 9.17) is 9.47 Å². The predicted octanol–water partition coefficient (Wildman–Crippen LogP) is 7.87. The SMILES string of the molecule is CCOc1cc(/C=N/NC(=O)c2ccc(-n3c(C)ccc3-c3ccccc3)cc2)cc(Br)c1OCc1ccc([N+](=O)[O-])cc1. The van der Waals surface area contributed by atoms with E-state index >= 15 is 0 Å². The van der Waals surface area contributed by atoms with E-state index in [9.17, 15) is 14.9 Å². The number of hydrogen-bond donors (Lipinski definition) is 1. The summed E-state index contributed by atoms with van der Waals surface area (Å²) in [5, 5.41) is 15.0. The van der Waals surface area contributed by atoms with E-state index < -0.39 is 4.92 Å². The van der Waals surface area contributed by atoms with Crippen LogP contribution in [0.2, 0.25) is 0 Å². The van der Waals surface area contributed by atoms with Gasteiger partial charge < -0.3 is 14.0 Å². The Morgan fingerprint density at radius 1 is 0.977 bits per heavy atom. The average Bonchev–Trinajstić information content (AvgIpc) is 3.42. The number of non-ortho nitro benzene ring substituents is 1. The number of nitro groups is 1. The first-order chi connectivity index (χ1) is 21.3. The van der Waals surface area contributed by atoms with Gasteiger partial charge in [0.25, 0.3) is 11.6 Å². The van der Waals surface area contributed by atoms with Crippen LogP contribution in [0.1, 0.15) is 34.1 Å². The van der Waals surface area contributed by atoms with Crippen LogP contribution >= 0.6 is 15.9 Å². The number of halogens is 1.